The Kier molecular flexibility index (Phi) is 8.05. The van der Waals surface area contributed by atoms with Crippen LogP contribution in [-0.2, 0) is 16.0 Å². The SMILES string of the molecule is CC(=O)Nc1ccc(NCC(=O)Nc2cccc(OCCCc3ccccc3)c2)cc1. The molecular weight excluding hydrogens is 390 g/mol. The third-order valence-electron chi connectivity index (χ3n) is 4.50. The first kappa shape index (κ1) is 21.9. The van der Waals surface area contributed by atoms with Gasteiger partial charge in [0, 0.05) is 30.1 Å². The van der Waals surface area contributed by atoms with Crippen LogP contribution in [0.4, 0.5) is 17.1 Å². The van der Waals surface area contributed by atoms with Crippen molar-refractivity contribution < 1.29 is 14.3 Å². The molecule has 0 bridgehead atoms. The highest BCUT2D eigenvalue weighted by Gasteiger charge is 2.04. The van der Waals surface area contributed by atoms with Crippen molar-refractivity contribution in [1.82, 2.24) is 0 Å². The first-order valence-electron chi connectivity index (χ1n) is 10.3. The molecule has 3 aromatic carbocycles. The molecule has 0 aromatic heterocycles. The number of carbonyl (C=O) groups excluding carboxylic acids is 2. The number of aryl methyl sites for hydroxylation is 1. The minimum atomic E-state index is -0.160. The van der Waals surface area contributed by atoms with Gasteiger partial charge in [-0.1, -0.05) is 36.4 Å². The Labute approximate surface area is 182 Å². The van der Waals surface area contributed by atoms with E-state index >= 15 is 0 Å². The number of amides is 2. The van der Waals surface area contributed by atoms with Crippen molar-refractivity contribution in [2.75, 3.05) is 29.1 Å². The summed E-state index contributed by atoms with van der Waals surface area (Å²) in [6.45, 7) is 2.20. The van der Waals surface area contributed by atoms with Crippen molar-refractivity contribution in [3.8, 4) is 5.75 Å². The summed E-state index contributed by atoms with van der Waals surface area (Å²) in [4.78, 5) is 23.3. The van der Waals surface area contributed by atoms with Crippen LogP contribution < -0.4 is 20.7 Å². The average Bonchev–Trinajstić information content (AvgIpc) is 2.77. The smallest absolute Gasteiger partial charge is 0.243 e. The molecule has 0 radical (unpaired) electrons. The van der Waals surface area contributed by atoms with Gasteiger partial charge in [0.15, 0.2) is 0 Å². The number of nitrogens with one attached hydrogen (secondary N) is 3. The molecule has 6 heteroatoms. The van der Waals surface area contributed by atoms with E-state index in [0.717, 1.165) is 24.3 Å². The second kappa shape index (κ2) is 11.4. The maximum atomic E-state index is 12.3. The maximum absolute atomic E-state index is 12.3. The first-order chi connectivity index (χ1) is 15.1. The lowest BCUT2D eigenvalue weighted by molar-refractivity contribution is -0.115. The van der Waals surface area contributed by atoms with Crippen molar-refractivity contribution in [3.05, 3.63) is 84.4 Å². The largest absolute Gasteiger partial charge is 0.494 e. The predicted molar refractivity (Wildman–Crippen MR) is 125 cm³/mol. The quantitative estimate of drug-likeness (QED) is 0.418. The van der Waals surface area contributed by atoms with Gasteiger partial charge in [-0.2, -0.15) is 0 Å². The number of benzene rings is 3. The van der Waals surface area contributed by atoms with Crippen LogP contribution in [0.2, 0.25) is 0 Å². The molecule has 0 aliphatic carbocycles. The van der Waals surface area contributed by atoms with E-state index in [-0.39, 0.29) is 18.4 Å². The molecule has 0 saturated heterocycles. The summed E-state index contributed by atoms with van der Waals surface area (Å²) < 4.78 is 5.82. The molecule has 0 aliphatic rings. The van der Waals surface area contributed by atoms with Crippen LogP contribution in [0, 0.1) is 0 Å². The molecule has 0 fully saturated rings. The minimum absolute atomic E-state index is 0.123. The Balaban J connectivity index is 1.41. The van der Waals surface area contributed by atoms with E-state index in [9.17, 15) is 9.59 Å². The molecule has 0 aliphatic heterocycles. The van der Waals surface area contributed by atoms with E-state index in [1.54, 1.807) is 12.1 Å². The van der Waals surface area contributed by atoms with Gasteiger partial charge >= 0.3 is 0 Å². The molecule has 6 nitrogen and oxygen atoms in total. The van der Waals surface area contributed by atoms with Crippen LogP contribution in [0.15, 0.2) is 78.9 Å². The lowest BCUT2D eigenvalue weighted by Gasteiger charge is -2.11. The van der Waals surface area contributed by atoms with Gasteiger partial charge in [0.1, 0.15) is 5.75 Å². The van der Waals surface area contributed by atoms with Crippen LogP contribution in [0.5, 0.6) is 5.75 Å². The van der Waals surface area contributed by atoms with Gasteiger partial charge in [-0.3, -0.25) is 9.59 Å². The third-order valence-corrected chi connectivity index (χ3v) is 4.50. The lowest BCUT2D eigenvalue weighted by atomic mass is 10.1. The van der Waals surface area contributed by atoms with Crippen LogP contribution in [0.25, 0.3) is 0 Å². The van der Waals surface area contributed by atoms with E-state index < -0.39 is 0 Å². The highest BCUT2D eigenvalue weighted by atomic mass is 16.5. The van der Waals surface area contributed by atoms with Gasteiger partial charge in [-0.15, -0.1) is 0 Å². The van der Waals surface area contributed by atoms with Gasteiger partial charge in [-0.25, -0.2) is 0 Å². The van der Waals surface area contributed by atoms with Crippen molar-refractivity contribution in [3.63, 3.8) is 0 Å². The van der Waals surface area contributed by atoms with Crippen LogP contribution in [0.3, 0.4) is 0 Å². The Bertz CT molecular complexity index is 988. The summed E-state index contributed by atoms with van der Waals surface area (Å²) in [6.07, 6.45) is 1.89. The number of carbonyl (C=O) groups is 2. The highest BCUT2D eigenvalue weighted by Crippen LogP contribution is 2.18. The van der Waals surface area contributed by atoms with Crippen LogP contribution in [0.1, 0.15) is 18.9 Å². The van der Waals surface area contributed by atoms with E-state index in [4.69, 9.17) is 4.74 Å². The second-order valence-corrected chi connectivity index (χ2v) is 7.13. The Hall–Kier alpha value is -3.80. The van der Waals surface area contributed by atoms with Crippen molar-refractivity contribution in [2.24, 2.45) is 0 Å². The number of rotatable bonds is 10. The van der Waals surface area contributed by atoms with E-state index in [1.807, 2.05) is 54.6 Å². The minimum Gasteiger partial charge on any atom is -0.494 e. The average molecular weight is 418 g/mol. The summed E-state index contributed by atoms with van der Waals surface area (Å²) >= 11 is 0. The Morgan fingerprint density at radius 1 is 0.806 bits per heavy atom. The third kappa shape index (κ3) is 7.85. The molecule has 0 heterocycles. The molecular formula is C25H27N3O3. The normalized spacial score (nSPS) is 10.2. The van der Waals surface area contributed by atoms with Gasteiger partial charge in [0.2, 0.25) is 11.8 Å². The molecule has 0 unspecified atom stereocenters. The number of hydrogen-bond acceptors (Lipinski definition) is 4. The molecule has 0 spiro atoms. The van der Waals surface area contributed by atoms with Crippen molar-refractivity contribution >= 4 is 28.9 Å². The summed E-state index contributed by atoms with van der Waals surface area (Å²) in [5.41, 5.74) is 3.49. The molecule has 31 heavy (non-hydrogen) atoms. The zero-order chi connectivity index (χ0) is 21.9. The molecule has 0 atom stereocenters. The number of anilines is 3. The second-order valence-electron chi connectivity index (χ2n) is 7.13. The number of ether oxygens (including phenoxy) is 1. The molecule has 0 saturated carbocycles. The fourth-order valence-electron chi connectivity index (χ4n) is 3.04. The summed E-state index contributed by atoms with van der Waals surface area (Å²) in [5, 5.41) is 8.63. The van der Waals surface area contributed by atoms with E-state index in [1.165, 1.54) is 12.5 Å². The van der Waals surface area contributed by atoms with Crippen LogP contribution in [-0.4, -0.2) is 25.0 Å². The fraction of sp³-hybridized carbons (Fsp3) is 0.200. The van der Waals surface area contributed by atoms with Gasteiger partial charge in [-0.05, 0) is 54.8 Å². The molecule has 3 N–H and O–H groups in total. The molecule has 2 amide bonds. The predicted octanol–water partition coefficient (Wildman–Crippen LogP) is 4.71. The maximum Gasteiger partial charge on any atom is 0.243 e. The van der Waals surface area contributed by atoms with E-state index in [0.29, 0.717) is 18.0 Å². The lowest BCUT2D eigenvalue weighted by Crippen LogP contribution is -2.21. The number of hydrogen-bond donors (Lipinski definition) is 3. The summed E-state index contributed by atoms with van der Waals surface area (Å²) in [7, 11) is 0. The van der Waals surface area contributed by atoms with Gasteiger partial charge in [0.05, 0.1) is 13.2 Å². The molecule has 160 valence electrons. The Morgan fingerprint density at radius 3 is 2.29 bits per heavy atom. The standard InChI is InChI=1S/C25H27N3O3/c1-19(29)27-22-14-12-21(13-15-22)26-18-25(30)28-23-10-5-11-24(17-23)31-16-6-9-20-7-3-2-4-8-20/h2-5,7-8,10-15,17,26H,6,9,16,18H2,1H3,(H,27,29)(H,28,30). The van der Waals surface area contributed by atoms with Crippen molar-refractivity contribution in [2.45, 2.75) is 19.8 Å². The summed E-state index contributed by atoms with van der Waals surface area (Å²) in [5.74, 6) is 0.446. The van der Waals surface area contributed by atoms with Gasteiger partial charge < -0.3 is 20.7 Å². The fourth-order valence-corrected chi connectivity index (χ4v) is 3.04. The van der Waals surface area contributed by atoms with Crippen LogP contribution >= 0.6 is 0 Å². The van der Waals surface area contributed by atoms with Crippen molar-refractivity contribution in [1.29, 1.82) is 0 Å². The van der Waals surface area contributed by atoms with Gasteiger partial charge in [0.25, 0.3) is 0 Å². The zero-order valence-electron chi connectivity index (χ0n) is 17.6. The Morgan fingerprint density at radius 2 is 1.55 bits per heavy atom. The monoisotopic (exact) mass is 417 g/mol. The van der Waals surface area contributed by atoms with E-state index in [2.05, 4.69) is 28.1 Å². The highest BCUT2D eigenvalue weighted by molar-refractivity contribution is 5.94. The first-order valence-corrected chi connectivity index (χ1v) is 10.3. The zero-order valence-corrected chi connectivity index (χ0v) is 17.6. The molecule has 3 aromatic rings. The molecule has 3 rings (SSSR count). The summed E-state index contributed by atoms with van der Waals surface area (Å²) in [6, 6.07) is 24.9. The topological polar surface area (TPSA) is 79.5 Å².